The molecule has 0 saturated carbocycles. The number of piperidine rings is 2. The zero-order chi connectivity index (χ0) is 42.9. The fourth-order valence-electron chi connectivity index (χ4n) is 8.61. The van der Waals surface area contributed by atoms with Gasteiger partial charge in [0.05, 0.1) is 28.4 Å². The van der Waals surface area contributed by atoms with E-state index < -0.39 is 41.6 Å². The first kappa shape index (κ1) is 42.1. The second kappa shape index (κ2) is 17.8. The Kier molecular flexibility index (Phi) is 12.3. The number of pyridine rings is 1. The molecule has 2 unspecified atom stereocenters. The molecule has 2 atom stereocenters. The van der Waals surface area contributed by atoms with Crippen molar-refractivity contribution in [2.45, 2.75) is 70.1 Å². The Labute approximate surface area is 361 Å². The van der Waals surface area contributed by atoms with Crippen LogP contribution < -0.4 is 21.1 Å². The second-order valence-electron chi connectivity index (χ2n) is 16.1. The molecule has 4 N–H and O–H groups in total. The molecule has 0 bridgehead atoms. The van der Waals surface area contributed by atoms with Crippen molar-refractivity contribution in [2.75, 3.05) is 50.3 Å². The van der Waals surface area contributed by atoms with Gasteiger partial charge in [-0.25, -0.2) is 9.37 Å². The van der Waals surface area contributed by atoms with Crippen LogP contribution in [0.15, 0.2) is 55.0 Å². The molecule has 0 aliphatic carbocycles. The van der Waals surface area contributed by atoms with E-state index in [1.54, 1.807) is 43.6 Å². The highest BCUT2D eigenvalue weighted by Gasteiger charge is 2.45. The number of benzene rings is 2. The number of rotatable bonds is 14. The molecule has 8 rings (SSSR count). The summed E-state index contributed by atoms with van der Waals surface area (Å²) in [5.41, 5.74) is 9.09. The lowest BCUT2D eigenvalue weighted by atomic mass is 9.98. The minimum atomic E-state index is -1.00. The zero-order valence-electron chi connectivity index (χ0n) is 33.5. The zero-order valence-corrected chi connectivity index (χ0v) is 35.1. The molecule has 0 spiro atoms. The van der Waals surface area contributed by atoms with E-state index in [1.165, 1.54) is 12.1 Å². The molecular weight excluding hydrogens is 828 g/mol. The normalized spacial score (nSPS) is 19.2. The molecule has 320 valence electrons. The summed E-state index contributed by atoms with van der Waals surface area (Å²) >= 11 is 12.5. The highest BCUT2D eigenvalue weighted by atomic mass is 35.5. The molecule has 4 aliphatic rings. The number of fused-ring (bicyclic) bond motifs is 1. The van der Waals surface area contributed by atoms with Gasteiger partial charge in [-0.05, 0) is 75.9 Å². The highest BCUT2D eigenvalue weighted by Crippen LogP contribution is 2.38. The number of carbonyl (C=O) groups excluding carboxylic acids is 5. The number of unbranched alkanes of at least 4 members (excludes halogenated alkanes) is 1. The summed E-state index contributed by atoms with van der Waals surface area (Å²) in [7, 11) is 0. The fourth-order valence-corrected chi connectivity index (χ4v) is 9.29. The average Bonchev–Trinajstić information content (AvgIpc) is 3.82. The van der Waals surface area contributed by atoms with Crippen molar-refractivity contribution in [3.63, 3.8) is 0 Å². The van der Waals surface area contributed by atoms with Crippen LogP contribution in [0.5, 0.6) is 5.75 Å². The Morgan fingerprint density at radius 1 is 1.03 bits per heavy atom. The number of nitrogens with two attached hydrogens (primary N) is 1. The summed E-state index contributed by atoms with van der Waals surface area (Å²) in [5.74, 6) is -1.69. The van der Waals surface area contributed by atoms with Crippen molar-refractivity contribution in [1.29, 1.82) is 0 Å². The fraction of sp³-hybridized carbons (Fsp3) is 0.419. The predicted molar refractivity (Wildman–Crippen MR) is 226 cm³/mol. The topological polar surface area (TPSA) is 185 Å². The molecule has 15 nitrogen and oxygen atoms in total. The Morgan fingerprint density at radius 3 is 2.59 bits per heavy atom. The number of hydrogen-bond donors (Lipinski definition) is 3. The standard InChI is InChI=1S/C43H46Cl2FN9O6/c1-24(37-30(44)8-9-31(46)39(37)45)61-34-17-26(19-49-40(34)47)27-20-50-54(23-27)28-12-15-53(16-13-28)36(57)7-2-3-14-52-21-25(22-52)18-48-32-6-4-5-29-38(32)43(60)55(42(29)59)33-10-11-35(56)51-41(33)58/h4-6,8-9,17,19-20,23-25,28,33,48H,2-3,7,10-16,18,21-22H2,1H3,(H2,47,49)(H,51,56,58). The molecule has 2 aromatic heterocycles. The summed E-state index contributed by atoms with van der Waals surface area (Å²) in [5, 5.41) is 10.4. The van der Waals surface area contributed by atoms with Gasteiger partial charge >= 0.3 is 0 Å². The minimum Gasteiger partial charge on any atom is -0.482 e. The number of hydrogen-bond acceptors (Lipinski definition) is 11. The summed E-state index contributed by atoms with van der Waals surface area (Å²) < 4.78 is 22.1. The van der Waals surface area contributed by atoms with Gasteiger partial charge in [0.1, 0.15) is 18.0 Å². The molecule has 18 heteroatoms. The van der Waals surface area contributed by atoms with Crippen LogP contribution in [0.4, 0.5) is 15.9 Å². The van der Waals surface area contributed by atoms with Crippen LogP contribution in [0, 0.1) is 11.7 Å². The van der Waals surface area contributed by atoms with Gasteiger partial charge in [0.25, 0.3) is 11.8 Å². The number of nitrogens with one attached hydrogen (secondary N) is 2. The van der Waals surface area contributed by atoms with Gasteiger partial charge in [0, 0.05) is 91.3 Å². The number of aromatic nitrogens is 3. The monoisotopic (exact) mass is 873 g/mol. The highest BCUT2D eigenvalue weighted by molar-refractivity contribution is 6.36. The van der Waals surface area contributed by atoms with E-state index in [0.717, 1.165) is 61.3 Å². The number of likely N-dealkylation sites (tertiary alicyclic amines) is 2. The molecule has 0 radical (unpaired) electrons. The number of ether oxygens (including phenoxy) is 1. The predicted octanol–water partition coefficient (Wildman–Crippen LogP) is 5.89. The quantitative estimate of drug-likeness (QED) is 0.0780. The smallest absolute Gasteiger partial charge is 0.264 e. The third-order valence-electron chi connectivity index (χ3n) is 12.0. The summed E-state index contributed by atoms with van der Waals surface area (Å²) in [6.07, 6.45) is 8.62. The maximum Gasteiger partial charge on any atom is 0.264 e. The third kappa shape index (κ3) is 8.79. The largest absolute Gasteiger partial charge is 0.482 e. The number of nitrogens with zero attached hydrogens (tertiary/aromatic N) is 6. The number of nitrogen functional groups attached to an aromatic ring is 1. The molecule has 5 amide bonds. The van der Waals surface area contributed by atoms with Crippen LogP contribution in [-0.4, -0.2) is 104 Å². The lowest BCUT2D eigenvalue weighted by Gasteiger charge is -2.39. The Balaban J connectivity index is 0.741. The first-order valence-electron chi connectivity index (χ1n) is 20.5. The molecule has 4 aromatic rings. The van der Waals surface area contributed by atoms with Crippen LogP contribution in [-0.2, 0) is 14.4 Å². The van der Waals surface area contributed by atoms with Crippen molar-refractivity contribution in [2.24, 2.45) is 5.92 Å². The number of imide groups is 2. The molecule has 3 saturated heterocycles. The van der Waals surface area contributed by atoms with Gasteiger partial charge in [0.2, 0.25) is 17.7 Å². The first-order valence-corrected chi connectivity index (χ1v) is 21.3. The van der Waals surface area contributed by atoms with Crippen molar-refractivity contribution >= 4 is 64.2 Å². The summed E-state index contributed by atoms with van der Waals surface area (Å²) in [4.78, 5) is 73.3. The molecule has 3 fully saturated rings. The van der Waals surface area contributed by atoms with Crippen LogP contribution >= 0.6 is 23.2 Å². The molecule has 2 aromatic carbocycles. The van der Waals surface area contributed by atoms with E-state index in [9.17, 15) is 28.4 Å². The van der Waals surface area contributed by atoms with E-state index in [4.69, 9.17) is 33.7 Å². The summed E-state index contributed by atoms with van der Waals surface area (Å²) in [6.45, 7) is 6.31. The van der Waals surface area contributed by atoms with Crippen molar-refractivity contribution in [3.8, 4) is 16.9 Å². The van der Waals surface area contributed by atoms with Crippen LogP contribution in [0.3, 0.4) is 0 Å². The summed E-state index contributed by atoms with van der Waals surface area (Å²) in [6, 6.07) is 8.60. The van der Waals surface area contributed by atoms with Crippen LogP contribution in [0.1, 0.15) is 90.3 Å². The SMILES string of the molecule is CC(Oc1cc(-c2cnn(C3CCN(C(=O)CCCCN4CC(CNc5cccc6c5C(=O)N(C5CCC(=O)NC5=O)C6=O)C4)CC3)c2)cnc1N)c1c(Cl)ccc(F)c1Cl. The van der Waals surface area contributed by atoms with E-state index in [-0.39, 0.29) is 51.8 Å². The minimum absolute atomic E-state index is 0.0706. The van der Waals surface area contributed by atoms with Crippen molar-refractivity contribution in [1.82, 2.24) is 34.8 Å². The maximum absolute atomic E-state index is 14.2. The van der Waals surface area contributed by atoms with Gasteiger partial charge < -0.3 is 25.6 Å². The lowest BCUT2D eigenvalue weighted by molar-refractivity contribution is -0.136. The van der Waals surface area contributed by atoms with E-state index in [2.05, 4.69) is 25.6 Å². The molecular formula is C43H46Cl2FN9O6. The number of amides is 5. The molecule has 61 heavy (non-hydrogen) atoms. The average molecular weight is 875 g/mol. The Morgan fingerprint density at radius 2 is 1.82 bits per heavy atom. The van der Waals surface area contributed by atoms with Crippen molar-refractivity contribution < 1.29 is 33.1 Å². The first-order chi connectivity index (χ1) is 29.4. The van der Waals surface area contributed by atoms with E-state index in [0.29, 0.717) is 49.0 Å². The van der Waals surface area contributed by atoms with Gasteiger partial charge in [-0.15, -0.1) is 0 Å². The van der Waals surface area contributed by atoms with Gasteiger partial charge in [0.15, 0.2) is 11.6 Å². The van der Waals surface area contributed by atoms with Crippen LogP contribution in [0.2, 0.25) is 10.0 Å². The maximum atomic E-state index is 14.2. The Bertz CT molecular complexity index is 2380. The van der Waals surface area contributed by atoms with Gasteiger partial charge in [-0.1, -0.05) is 29.3 Å². The molecule has 6 heterocycles. The second-order valence-corrected chi connectivity index (χ2v) is 16.9. The van der Waals surface area contributed by atoms with Gasteiger partial charge in [-0.2, -0.15) is 5.10 Å². The van der Waals surface area contributed by atoms with E-state index >= 15 is 0 Å². The van der Waals surface area contributed by atoms with E-state index in [1.807, 2.05) is 15.8 Å². The number of halogens is 3. The van der Waals surface area contributed by atoms with Crippen molar-refractivity contribution in [3.05, 3.63) is 87.5 Å². The van der Waals surface area contributed by atoms with Gasteiger partial charge in [-0.3, -0.25) is 38.9 Å². The molecule has 4 aliphatic heterocycles. The Hall–Kier alpha value is -5.58. The number of anilines is 2. The third-order valence-corrected chi connectivity index (χ3v) is 12.7. The van der Waals surface area contributed by atoms with Crippen LogP contribution in [0.25, 0.3) is 11.1 Å². The number of carbonyl (C=O) groups is 5. The lowest BCUT2D eigenvalue weighted by Crippen LogP contribution is -2.54.